The van der Waals surface area contributed by atoms with Crippen LogP contribution in [0.1, 0.15) is 39.7 Å². The third-order valence-electron chi connectivity index (χ3n) is 5.60. The number of aryl methyl sites for hydroxylation is 1. The summed E-state index contributed by atoms with van der Waals surface area (Å²) in [5.41, 5.74) is 1.29. The topological polar surface area (TPSA) is 43.1 Å². The first-order valence-corrected chi connectivity index (χ1v) is 10.7. The molecule has 0 heterocycles. The highest BCUT2D eigenvalue weighted by Gasteiger charge is 2.49. The van der Waals surface area contributed by atoms with Crippen LogP contribution in [0.3, 0.4) is 0 Å². The summed E-state index contributed by atoms with van der Waals surface area (Å²) in [7, 11) is -1.63. The molecule has 0 aliphatic carbocycles. The van der Waals surface area contributed by atoms with Crippen LogP contribution in [0, 0.1) is 10.1 Å². The van der Waals surface area contributed by atoms with Gasteiger partial charge in [-0.25, -0.2) is 0 Å². The molecule has 118 valence electrons. The Hall–Kier alpha value is -1.16. The lowest BCUT2D eigenvalue weighted by Gasteiger charge is -2.44. The van der Waals surface area contributed by atoms with Crippen LogP contribution in [-0.2, 0) is 6.42 Å². The largest absolute Gasteiger partial charge is 0.265 e. The molecule has 0 fully saturated rings. The molecule has 0 aliphatic rings. The molecule has 0 saturated heterocycles. The summed E-state index contributed by atoms with van der Waals surface area (Å²) in [4.78, 5) is 11.2. The van der Waals surface area contributed by atoms with E-state index in [0.29, 0.717) is 0 Å². The van der Waals surface area contributed by atoms with E-state index in [-0.39, 0.29) is 16.5 Å². The van der Waals surface area contributed by atoms with E-state index in [0.717, 1.165) is 31.0 Å². The summed E-state index contributed by atoms with van der Waals surface area (Å²) in [6.45, 7) is 9.02. The Labute approximate surface area is 129 Å². The van der Waals surface area contributed by atoms with Crippen molar-refractivity contribution < 1.29 is 4.92 Å². The molecule has 0 aromatic heterocycles. The van der Waals surface area contributed by atoms with Crippen molar-refractivity contribution in [1.29, 1.82) is 0 Å². The Bertz CT molecular complexity index is 437. The highest BCUT2D eigenvalue weighted by molar-refractivity contribution is 6.82. The predicted molar refractivity (Wildman–Crippen MR) is 92.2 cm³/mol. The minimum atomic E-state index is -1.63. The number of nitrogens with zero attached hydrogens (tertiary/aromatic N) is 1. The fourth-order valence-electron chi connectivity index (χ4n) is 3.89. The SMILES string of the molecule is CC[Si](CC)(CC)[C@](C)(CCc1ccccc1)C[N+](=O)[O-]. The molecule has 0 saturated carbocycles. The third-order valence-corrected chi connectivity index (χ3v) is 12.6. The standard InChI is InChI=1S/C17H29NO2Si/c1-5-21(6-2,7-3)17(4,15-18(19)20)14-13-16-11-9-8-10-12-16/h8-12H,5-7,13-15H2,1-4H3/t17-/m1/s1. The van der Waals surface area contributed by atoms with Crippen LogP contribution in [0.5, 0.6) is 0 Å². The van der Waals surface area contributed by atoms with E-state index in [1.165, 1.54) is 5.56 Å². The molecular formula is C17H29NO2Si. The van der Waals surface area contributed by atoms with Crippen LogP contribution in [0.4, 0.5) is 0 Å². The fraction of sp³-hybridized carbons (Fsp3) is 0.647. The van der Waals surface area contributed by atoms with Crippen molar-refractivity contribution in [3.05, 3.63) is 46.0 Å². The molecule has 0 radical (unpaired) electrons. The van der Waals surface area contributed by atoms with Crippen molar-refractivity contribution >= 4 is 8.07 Å². The van der Waals surface area contributed by atoms with Gasteiger partial charge in [0.1, 0.15) is 0 Å². The normalized spacial score (nSPS) is 14.7. The van der Waals surface area contributed by atoms with Crippen LogP contribution in [-0.4, -0.2) is 19.5 Å². The minimum Gasteiger partial charge on any atom is -0.265 e. The maximum absolute atomic E-state index is 11.2. The molecule has 1 rings (SSSR count). The maximum Gasteiger partial charge on any atom is 0.206 e. The third kappa shape index (κ3) is 4.16. The fourth-order valence-corrected chi connectivity index (χ4v) is 9.07. The number of nitro groups is 1. The molecule has 1 atom stereocenters. The van der Waals surface area contributed by atoms with E-state index in [4.69, 9.17) is 0 Å². The Balaban J connectivity index is 2.99. The molecule has 1 aromatic rings. The van der Waals surface area contributed by atoms with Crippen molar-refractivity contribution in [3.63, 3.8) is 0 Å². The summed E-state index contributed by atoms with van der Waals surface area (Å²) in [5.74, 6) is 0. The molecule has 0 amide bonds. The summed E-state index contributed by atoms with van der Waals surface area (Å²) in [6, 6.07) is 13.8. The number of benzene rings is 1. The van der Waals surface area contributed by atoms with Crippen molar-refractivity contribution in [2.45, 2.75) is 63.7 Å². The zero-order valence-corrected chi connectivity index (χ0v) is 14.9. The monoisotopic (exact) mass is 307 g/mol. The zero-order chi connectivity index (χ0) is 15.9. The van der Waals surface area contributed by atoms with Gasteiger partial charge in [0.25, 0.3) is 0 Å². The van der Waals surface area contributed by atoms with Gasteiger partial charge in [-0.2, -0.15) is 0 Å². The Morgan fingerprint density at radius 3 is 2.05 bits per heavy atom. The van der Waals surface area contributed by atoms with E-state index < -0.39 is 8.07 Å². The number of rotatable bonds is 9. The molecule has 3 nitrogen and oxygen atoms in total. The second-order valence-electron chi connectivity index (χ2n) is 6.38. The molecule has 21 heavy (non-hydrogen) atoms. The zero-order valence-electron chi connectivity index (χ0n) is 13.9. The van der Waals surface area contributed by atoms with Crippen molar-refractivity contribution in [2.75, 3.05) is 6.54 Å². The van der Waals surface area contributed by atoms with Gasteiger partial charge in [0.15, 0.2) is 0 Å². The molecule has 4 heteroatoms. The average molecular weight is 308 g/mol. The van der Waals surface area contributed by atoms with Gasteiger partial charge in [-0.3, -0.25) is 10.1 Å². The average Bonchev–Trinajstić information content (AvgIpc) is 2.48. The van der Waals surface area contributed by atoms with E-state index in [1.807, 2.05) is 18.2 Å². The summed E-state index contributed by atoms with van der Waals surface area (Å²) < 4.78 is 0. The second-order valence-corrected chi connectivity index (χ2v) is 12.3. The van der Waals surface area contributed by atoms with E-state index in [9.17, 15) is 10.1 Å². The van der Waals surface area contributed by atoms with E-state index >= 15 is 0 Å². The van der Waals surface area contributed by atoms with Gasteiger partial charge in [0, 0.05) is 9.96 Å². The van der Waals surface area contributed by atoms with Gasteiger partial charge in [-0.05, 0) is 18.4 Å². The van der Waals surface area contributed by atoms with E-state index in [2.05, 4.69) is 39.8 Å². The van der Waals surface area contributed by atoms with Crippen LogP contribution in [0.25, 0.3) is 0 Å². The van der Waals surface area contributed by atoms with Crippen LogP contribution in [0.2, 0.25) is 23.2 Å². The van der Waals surface area contributed by atoms with Gasteiger partial charge in [-0.1, -0.05) is 76.2 Å². The van der Waals surface area contributed by atoms with Crippen molar-refractivity contribution in [2.24, 2.45) is 0 Å². The molecular weight excluding hydrogens is 278 g/mol. The first-order valence-electron chi connectivity index (χ1n) is 8.08. The minimum absolute atomic E-state index is 0.0896. The van der Waals surface area contributed by atoms with Crippen LogP contribution in [0.15, 0.2) is 30.3 Å². The van der Waals surface area contributed by atoms with Gasteiger partial charge < -0.3 is 0 Å². The van der Waals surface area contributed by atoms with Gasteiger partial charge in [0.05, 0.1) is 8.07 Å². The molecule has 1 aromatic carbocycles. The number of hydrogen-bond acceptors (Lipinski definition) is 2. The lowest BCUT2D eigenvalue weighted by atomic mass is 10.00. The lowest BCUT2D eigenvalue weighted by Crippen LogP contribution is -2.48. The smallest absolute Gasteiger partial charge is 0.206 e. The molecule has 0 spiro atoms. The Morgan fingerprint density at radius 2 is 1.62 bits per heavy atom. The quantitative estimate of drug-likeness (QED) is 0.359. The van der Waals surface area contributed by atoms with Gasteiger partial charge in [-0.15, -0.1) is 0 Å². The van der Waals surface area contributed by atoms with Gasteiger partial charge >= 0.3 is 0 Å². The number of hydrogen-bond donors (Lipinski definition) is 0. The maximum atomic E-state index is 11.2. The lowest BCUT2D eigenvalue weighted by molar-refractivity contribution is -0.486. The Kier molecular flexibility index (Phi) is 6.59. The molecule has 0 bridgehead atoms. The highest BCUT2D eigenvalue weighted by atomic mass is 28.3. The summed E-state index contributed by atoms with van der Waals surface area (Å²) >= 11 is 0. The first-order chi connectivity index (χ1) is 9.93. The molecule has 0 unspecified atom stereocenters. The van der Waals surface area contributed by atoms with Crippen molar-refractivity contribution in [1.82, 2.24) is 0 Å². The summed E-state index contributed by atoms with van der Waals surface area (Å²) in [6.07, 6.45) is 1.87. The second kappa shape index (κ2) is 7.73. The molecule has 0 aliphatic heterocycles. The van der Waals surface area contributed by atoms with Gasteiger partial charge in [0.2, 0.25) is 6.54 Å². The van der Waals surface area contributed by atoms with Crippen LogP contribution < -0.4 is 0 Å². The molecule has 0 N–H and O–H groups in total. The van der Waals surface area contributed by atoms with Crippen LogP contribution >= 0.6 is 0 Å². The first kappa shape index (κ1) is 17.9. The predicted octanol–water partition coefficient (Wildman–Crippen LogP) is 5.16. The summed E-state index contributed by atoms with van der Waals surface area (Å²) in [5, 5.41) is 11.1. The van der Waals surface area contributed by atoms with E-state index in [1.54, 1.807) is 0 Å². The van der Waals surface area contributed by atoms with Crippen molar-refractivity contribution in [3.8, 4) is 0 Å². The highest BCUT2D eigenvalue weighted by Crippen LogP contribution is 2.48. The Morgan fingerprint density at radius 1 is 1.10 bits per heavy atom.